The zero-order chi connectivity index (χ0) is 53.0. The number of hydrogen-bond acceptors (Lipinski definition) is 14. The zero-order valence-corrected chi connectivity index (χ0v) is 43.7. The van der Waals surface area contributed by atoms with Crippen LogP contribution in [-0.4, -0.2) is 87.1 Å². The van der Waals surface area contributed by atoms with Crippen molar-refractivity contribution in [1.29, 1.82) is 0 Å². The summed E-state index contributed by atoms with van der Waals surface area (Å²) in [5.41, 5.74) is 1.56. The van der Waals surface area contributed by atoms with Crippen LogP contribution in [0.5, 0.6) is 5.75 Å². The topological polar surface area (TPSA) is 158 Å². The van der Waals surface area contributed by atoms with Crippen LogP contribution in [0.3, 0.4) is 0 Å². The van der Waals surface area contributed by atoms with E-state index in [0.29, 0.717) is 44.9 Å². The summed E-state index contributed by atoms with van der Waals surface area (Å²) in [6, 6.07) is 52.8. The van der Waals surface area contributed by atoms with Crippen molar-refractivity contribution in [3.8, 4) is 5.75 Å². The molecule has 1 fully saturated rings. The third kappa shape index (κ3) is 11.9. The van der Waals surface area contributed by atoms with Gasteiger partial charge in [0.05, 0.1) is 12.9 Å². The number of ether oxygens (including phenoxy) is 3. The molecule has 2 aliphatic rings. The van der Waals surface area contributed by atoms with Gasteiger partial charge in [0.2, 0.25) is 6.43 Å². The van der Waals surface area contributed by atoms with Crippen LogP contribution in [0.2, 0.25) is 0 Å². The number of carbonyl (C=O) groups excluding carboxylic acids is 4. The number of aromatic nitrogens is 1. The Balaban J connectivity index is 1.05. The van der Waals surface area contributed by atoms with Crippen LogP contribution in [-0.2, 0) is 45.6 Å². The highest BCUT2D eigenvalue weighted by atomic mass is 35.5. The molecular weight excluding hydrogens is 1050 g/mol. The molecule has 13 nitrogen and oxygen atoms in total. The molecule has 0 aliphatic carbocycles. The summed E-state index contributed by atoms with van der Waals surface area (Å²) >= 11 is 9.18. The Hall–Kier alpha value is -7.51. The lowest BCUT2D eigenvalue weighted by Crippen LogP contribution is -2.71. The van der Waals surface area contributed by atoms with Crippen LogP contribution in [0.25, 0.3) is 0 Å². The maximum absolute atomic E-state index is 14.8. The molecule has 19 heteroatoms. The summed E-state index contributed by atoms with van der Waals surface area (Å²) in [4.78, 5) is 68.9. The third-order valence-corrected chi connectivity index (χ3v) is 15.8. The molecule has 2 amide bonds. The smallest absolute Gasteiger partial charge is 0.362 e. The molecule has 1 saturated heterocycles. The average molecular weight is 1100 g/mol. The van der Waals surface area contributed by atoms with E-state index in [9.17, 15) is 28.0 Å². The molecule has 2 aliphatic heterocycles. The van der Waals surface area contributed by atoms with Gasteiger partial charge in [-0.15, -0.1) is 34.7 Å². The molecule has 76 heavy (non-hydrogen) atoms. The number of carbonyl (C=O) groups is 4. The maximum Gasteiger partial charge on any atom is 0.362 e. The van der Waals surface area contributed by atoms with Crippen molar-refractivity contribution in [3.63, 3.8) is 0 Å². The van der Waals surface area contributed by atoms with Gasteiger partial charge in [-0.05, 0) is 51.1 Å². The van der Waals surface area contributed by atoms with E-state index in [1.54, 1.807) is 97.4 Å². The van der Waals surface area contributed by atoms with Gasteiger partial charge in [-0.1, -0.05) is 181 Å². The standard InChI is InChI=1S/C57H48ClF2N5O8S3/c1-70-43-29-27-36(28-30-43)32-71-53(68)48-39(31-58)33-74-52-47(51(67)65(48)52)62-50(66)46(64-73-55(75-35-45(59)60)54(69)72-49(37-17-7-2-8-18-37)38-19-9-3-10-20-38)44-34-76-56(61-44)63-57(40-21-11-4-12-22-40,41-23-13-5-14-24-41)42-25-15-6-16-26-42/h2-30,34,45,47,49,52,55H,31-33,35H2,1H3,(H,61,63)(H,62,66)/b64-46-. The van der Waals surface area contributed by atoms with Crippen molar-refractivity contribution in [2.75, 3.05) is 29.8 Å². The highest BCUT2D eigenvalue weighted by Gasteiger charge is 2.55. The highest BCUT2D eigenvalue weighted by Crippen LogP contribution is 2.43. The fourth-order valence-electron chi connectivity index (χ4n) is 8.67. The average Bonchev–Trinajstić information content (AvgIpc) is 3.94. The number of benzene rings is 6. The first kappa shape index (κ1) is 53.3. The number of β-lactam (4-membered cyclic amide) rings is 1. The Morgan fingerprint density at radius 3 is 1.89 bits per heavy atom. The van der Waals surface area contributed by atoms with Crippen LogP contribution in [0.1, 0.15) is 45.2 Å². The summed E-state index contributed by atoms with van der Waals surface area (Å²) in [5.74, 6) is -3.46. The van der Waals surface area contributed by atoms with E-state index in [-0.39, 0.29) is 29.6 Å². The van der Waals surface area contributed by atoms with E-state index < -0.39 is 70.1 Å². The number of methoxy groups -OCH3 is 1. The van der Waals surface area contributed by atoms with Crippen molar-refractivity contribution in [1.82, 2.24) is 15.2 Å². The molecule has 1 aromatic heterocycles. The monoisotopic (exact) mass is 1100 g/mol. The predicted octanol–water partition coefficient (Wildman–Crippen LogP) is 10.6. The second kappa shape index (κ2) is 24.9. The number of esters is 2. The van der Waals surface area contributed by atoms with Gasteiger partial charge in [-0.25, -0.2) is 23.4 Å². The number of hydrogen-bond donors (Lipinski definition) is 2. The van der Waals surface area contributed by atoms with Crippen LogP contribution in [0.15, 0.2) is 198 Å². The summed E-state index contributed by atoms with van der Waals surface area (Å²) in [5, 5.41) is 11.7. The first-order chi connectivity index (χ1) is 37.1. The molecule has 3 unspecified atom stereocenters. The van der Waals surface area contributed by atoms with Gasteiger partial charge >= 0.3 is 11.9 Å². The summed E-state index contributed by atoms with van der Waals surface area (Å²) < 4.78 is 44.8. The summed E-state index contributed by atoms with van der Waals surface area (Å²) in [6.07, 6.45) is -3.83. The molecule has 0 bridgehead atoms. The lowest BCUT2D eigenvalue weighted by molar-refractivity contribution is -0.155. The predicted molar refractivity (Wildman–Crippen MR) is 291 cm³/mol. The number of halogens is 3. The van der Waals surface area contributed by atoms with E-state index in [0.717, 1.165) is 28.0 Å². The number of nitrogens with one attached hydrogen (secondary N) is 2. The van der Waals surface area contributed by atoms with Gasteiger partial charge in [0.25, 0.3) is 17.3 Å². The number of alkyl halides is 3. The van der Waals surface area contributed by atoms with Gasteiger partial charge in [0.15, 0.2) is 16.9 Å². The Bertz CT molecular complexity index is 3050. The fraction of sp³-hybridized carbons (Fsp3) is 0.193. The molecule has 6 aromatic carbocycles. The van der Waals surface area contributed by atoms with Crippen molar-refractivity contribution in [3.05, 3.63) is 232 Å². The molecule has 3 heterocycles. The molecule has 2 N–H and O–H groups in total. The lowest BCUT2D eigenvalue weighted by atomic mass is 9.77. The van der Waals surface area contributed by atoms with E-state index in [1.807, 2.05) is 91.0 Å². The van der Waals surface area contributed by atoms with Crippen LogP contribution < -0.4 is 15.4 Å². The number of amides is 2. The Morgan fingerprint density at radius 1 is 0.816 bits per heavy atom. The molecular formula is C57H48ClF2N5O8S3. The van der Waals surface area contributed by atoms with E-state index in [1.165, 1.54) is 16.7 Å². The van der Waals surface area contributed by atoms with Crippen molar-refractivity contribution in [2.24, 2.45) is 5.16 Å². The van der Waals surface area contributed by atoms with Crippen molar-refractivity contribution >= 4 is 81.1 Å². The van der Waals surface area contributed by atoms with Gasteiger partial charge in [0, 0.05) is 17.0 Å². The molecule has 9 rings (SSSR count). The van der Waals surface area contributed by atoms with Gasteiger partial charge in [0.1, 0.15) is 40.7 Å². The zero-order valence-electron chi connectivity index (χ0n) is 40.5. The fourth-order valence-corrected chi connectivity index (χ4v) is 11.7. The van der Waals surface area contributed by atoms with Crippen molar-refractivity contribution < 1.29 is 47.0 Å². The summed E-state index contributed by atoms with van der Waals surface area (Å²) in [6.45, 7) is -0.0985. The minimum Gasteiger partial charge on any atom is -0.497 e. The first-order valence-electron chi connectivity index (χ1n) is 23.8. The lowest BCUT2D eigenvalue weighted by Gasteiger charge is -2.49. The normalized spacial score (nSPS) is 15.8. The molecule has 0 radical (unpaired) electrons. The first-order valence-corrected chi connectivity index (χ1v) is 27.3. The second-order valence-electron chi connectivity index (χ2n) is 17.1. The summed E-state index contributed by atoms with van der Waals surface area (Å²) in [7, 11) is 1.54. The quantitative estimate of drug-likeness (QED) is 0.0126. The number of oxime groups is 1. The number of thiazole rings is 1. The van der Waals surface area contributed by atoms with Crippen LogP contribution in [0, 0.1) is 0 Å². The van der Waals surface area contributed by atoms with Crippen LogP contribution in [0.4, 0.5) is 13.9 Å². The Kier molecular flexibility index (Phi) is 17.5. The largest absolute Gasteiger partial charge is 0.497 e. The molecule has 7 aromatic rings. The number of anilines is 1. The number of thioether (sulfide) groups is 2. The molecule has 3 atom stereocenters. The van der Waals surface area contributed by atoms with E-state index in [4.69, 9.17) is 35.6 Å². The number of fused-ring (bicyclic) bond motifs is 1. The molecule has 0 saturated carbocycles. The minimum absolute atomic E-state index is 0.0179. The van der Waals surface area contributed by atoms with Gasteiger partial charge < -0.3 is 29.7 Å². The van der Waals surface area contributed by atoms with Gasteiger partial charge in [-0.3, -0.25) is 14.5 Å². The number of rotatable bonds is 22. The SMILES string of the molecule is COc1ccc(COC(=O)C2=C(CCl)CSC3C(NC(=O)/C(=N\OC(SCC(F)F)C(=O)OC(c4ccccc4)c4ccccc4)c4csc(NC(c5ccccc5)(c5ccccc5)c5ccccc5)n4)C(=O)N23)cc1. The highest BCUT2D eigenvalue weighted by molar-refractivity contribution is 8.00. The molecule has 0 spiro atoms. The van der Waals surface area contributed by atoms with Crippen LogP contribution >= 0.6 is 46.5 Å². The Morgan fingerprint density at radius 2 is 1.37 bits per heavy atom. The van der Waals surface area contributed by atoms with Gasteiger partial charge in [-0.2, -0.15) is 0 Å². The second-order valence-corrected chi connectivity index (χ2v) is 20.4. The van der Waals surface area contributed by atoms with Crippen molar-refractivity contribution in [2.45, 2.75) is 41.5 Å². The van der Waals surface area contributed by atoms with E-state index in [2.05, 4.69) is 15.8 Å². The third-order valence-electron chi connectivity index (χ3n) is 12.3. The van der Waals surface area contributed by atoms with E-state index >= 15 is 0 Å². The number of nitrogens with zero attached hydrogens (tertiary/aromatic N) is 3. The minimum atomic E-state index is -2.86. The maximum atomic E-state index is 14.8. The Labute approximate surface area is 454 Å². The molecule has 388 valence electrons.